The smallest absolute Gasteiger partial charge is 0.319 e. The van der Waals surface area contributed by atoms with Gasteiger partial charge in [0, 0.05) is 52.8 Å². The summed E-state index contributed by atoms with van der Waals surface area (Å²) in [6.45, 7) is 5.62. The van der Waals surface area contributed by atoms with Gasteiger partial charge in [0.05, 0.1) is 12.2 Å². The van der Waals surface area contributed by atoms with Gasteiger partial charge in [-0.1, -0.05) is 30.3 Å². The van der Waals surface area contributed by atoms with Crippen molar-refractivity contribution >= 4 is 6.03 Å². The number of fused-ring (bicyclic) bond motifs is 1. The normalized spacial score (nSPS) is 25.4. The quantitative estimate of drug-likeness (QED) is 0.728. The predicted octanol–water partition coefficient (Wildman–Crippen LogP) is 2.42. The van der Waals surface area contributed by atoms with Crippen LogP contribution in [-0.2, 0) is 11.3 Å². The summed E-state index contributed by atoms with van der Waals surface area (Å²) in [5.41, 5.74) is 0.616. The Morgan fingerprint density at radius 2 is 1.93 bits per heavy atom. The van der Waals surface area contributed by atoms with Crippen LogP contribution < -0.4 is 0 Å². The number of rotatable bonds is 7. The Labute approximate surface area is 169 Å². The van der Waals surface area contributed by atoms with Gasteiger partial charge in [-0.2, -0.15) is 0 Å². The van der Waals surface area contributed by atoms with Crippen molar-refractivity contribution < 1.29 is 14.6 Å². The fraction of sp³-hybridized carbons (Fsp3) is 0.682. The molecule has 1 aromatic rings. The van der Waals surface area contributed by atoms with E-state index in [0.717, 1.165) is 45.5 Å². The molecule has 2 heterocycles. The lowest BCUT2D eigenvalue weighted by Crippen LogP contribution is -2.61. The molecule has 3 rings (SSSR count). The van der Waals surface area contributed by atoms with Gasteiger partial charge >= 0.3 is 6.03 Å². The zero-order valence-electron chi connectivity index (χ0n) is 17.3. The summed E-state index contributed by atoms with van der Waals surface area (Å²) in [6.07, 6.45) is 3.65. The molecule has 0 saturated carbocycles. The third-order valence-electron chi connectivity index (χ3n) is 6.13. The number of carbonyl (C=O) groups is 1. The van der Waals surface area contributed by atoms with Crippen molar-refractivity contribution in [1.82, 2.24) is 14.7 Å². The number of aliphatic hydroxyl groups is 1. The molecule has 2 aliphatic heterocycles. The minimum Gasteiger partial charge on any atom is -0.389 e. The zero-order valence-corrected chi connectivity index (χ0v) is 17.3. The Bertz CT molecular complexity index is 625. The van der Waals surface area contributed by atoms with Crippen LogP contribution in [-0.4, -0.2) is 84.9 Å². The van der Waals surface area contributed by atoms with Crippen molar-refractivity contribution in [1.29, 1.82) is 0 Å². The Hall–Kier alpha value is -1.63. The molecule has 6 nitrogen and oxygen atoms in total. The van der Waals surface area contributed by atoms with Crippen LogP contribution in [0.15, 0.2) is 30.3 Å². The first kappa shape index (κ1) is 21.1. The highest BCUT2D eigenvalue weighted by Crippen LogP contribution is 2.35. The van der Waals surface area contributed by atoms with E-state index >= 15 is 0 Å². The lowest BCUT2D eigenvalue weighted by atomic mass is 9.75. The lowest BCUT2D eigenvalue weighted by molar-refractivity contribution is -0.107. The standard InChI is InChI=1S/C22H35N3O3/c1-23(2)21(26)25-14-11-22(27)10-13-24(16-20(22)17-25)12-6-7-15-28-18-19-8-4-3-5-9-19/h3-5,8-9,20,27H,6-7,10-18H2,1-2H3/t20-,22-/m1/s1. The minimum absolute atomic E-state index is 0.0507. The fourth-order valence-corrected chi connectivity index (χ4v) is 4.33. The van der Waals surface area contributed by atoms with Crippen LogP contribution in [0.5, 0.6) is 0 Å². The third-order valence-corrected chi connectivity index (χ3v) is 6.13. The average Bonchev–Trinajstić information content (AvgIpc) is 2.70. The molecule has 2 amide bonds. The first-order valence-electron chi connectivity index (χ1n) is 10.5. The maximum absolute atomic E-state index is 12.3. The van der Waals surface area contributed by atoms with Crippen molar-refractivity contribution in [2.24, 2.45) is 5.92 Å². The molecule has 28 heavy (non-hydrogen) atoms. The number of ether oxygens (including phenoxy) is 1. The van der Waals surface area contributed by atoms with E-state index in [1.807, 2.05) is 23.1 Å². The number of amides is 2. The average molecular weight is 390 g/mol. The molecule has 2 fully saturated rings. The number of urea groups is 1. The Balaban J connectivity index is 1.36. The fourth-order valence-electron chi connectivity index (χ4n) is 4.33. The lowest BCUT2D eigenvalue weighted by Gasteiger charge is -2.50. The van der Waals surface area contributed by atoms with Crippen molar-refractivity contribution in [3.8, 4) is 0 Å². The van der Waals surface area contributed by atoms with Gasteiger partial charge in [-0.05, 0) is 37.8 Å². The molecule has 6 heteroatoms. The number of carbonyl (C=O) groups excluding carboxylic acids is 1. The molecule has 1 aromatic carbocycles. The number of benzene rings is 1. The molecule has 0 aromatic heterocycles. The monoisotopic (exact) mass is 389 g/mol. The van der Waals surface area contributed by atoms with Crippen molar-refractivity contribution in [3.63, 3.8) is 0 Å². The largest absolute Gasteiger partial charge is 0.389 e. The molecule has 2 saturated heterocycles. The number of hydrogen-bond acceptors (Lipinski definition) is 4. The number of hydrogen-bond donors (Lipinski definition) is 1. The van der Waals surface area contributed by atoms with Crippen LogP contribution in [0, 0.1) is 5.92 Å². The zero-order chi connectivity index (χ0) is 20.0. The summed E-state index contributed by atoms with van der Waals surface area (Å²) in [7, 11) is 3.58. The Kier molecular flexibility index (Phi) is 7.32. The van der Waals surface area contributed by atoms with E-state index < -0.39 is 5.60 Å². The first-order valence-corrected chi connectivity index (χ1v) is 10.5. The van der Waals surface area contributed by atoms with E-state index in [1.54, 1.807) is 19.0 Å². The van der Waals surface area contributed by atoms with Gasteiger partial charge in [-0.25, -0.2) is 4.79 Å². The van der Waals surface area contributed by atoms with Crippen molar-refractivity contribution in [3.05, 3.63) is 35.9 Å². The highest BCUT2D eigenvalue weighted by Gasteiger charge is 2.45. The number of piperidine rings is 2. The summed E-state index contributed by atoms with van der Waals surface area (Å²) in [5.74, 6) is 0.147. The van der Waals surface area contributed by atoms with Gasteiger partial charge in [0.15, 0.2) is 0 Å². The van der Waals surface area contributed by atoms with Crippen LogP contribution in [0.2, 0.25) is 0 Å². The molecule has 1 N–H and O–H groups in total. The van der Waals surface area contributed by atoms with Gasteiger partial charge in [-0.15, -0.1) is 0 Å². The molecule has 0 unspecified atom stereocenters. The van der Waals surface area contributed by atoms with E-state index in [0.29, 0.717) is 26.1 Å². The van der Waals surface area contributed by atoms with Gasteiger partial charge < -0.3 is 24.5 Å². The van der Waals surface area contributed by atoms with E-state index in [2.05, 4.69) is 17.0 Å². The van der Waals surface area contributed by atoms with Crippen LogP contribution in [0.1, 0.15) is 31.2 Å². The van der Waals surface area contributed by atoms with E-state index in [1.165, 1.54) is 5.56 Å². The van der Waals surface area contributed by atoms with Crippen molar-refractivity contribution in [2.45, 2.75) is 37.9 Å². The van der Waals surface area contributed by atoms with E-state index in [4.69, 9.17) is 4.74 Å². The van der Waals surface area contributed by atoms with E-state index in [9.17, 15) is 9.90 Å². The topological polar surface area (TPSA) is 56.2 Å². The van der Waals surface area contributed by atoms with Gasteiger partial charge in [0.2, 0.25) is 0 Å². The molecule has 0 spiro atoms. The predicted molar refractivity (Wildman–Crippen MR) is 110 cm³/mol. The van der Waals surface area contributed by atoms with Crippen LogP contribution in [0.3, 0.4) is 0 Å². The highest BCUT2D eigenvalue weighted by molar-refractivity contribution is 5.74. The molecule has 156 valence electrons. The SMILES string of the molecule is CN(C)C(=O)N1CC[C@]2(O)CCN(CCCCOCc3ccccc3)C[C@@H]2C1. The van der Waals surface area contributed by atoms with E-state index in [-0.39, 0.29) is 11.9 Å². The summed E-state index contributed by atoms with van der Waals surface area (Å²) >= 11 is 0. The Morgan fingerprint density at radius 3 is 2.68 bits per heavy atom. The Morgan fingerprint density at radius 1 is 1.18 bits per heavy atom. The second kappa shape index (κ2) is 9.72. The molecule has 0 aliphatic carbocycles. The molecular formula is C22H35N3O3. The summed E-state index contributed by atoms with van der Waals surface area (Å²) < 4.78 is 5.77. The molecule has 2 atom stereocenters. The second-order valence-electron chi connectivity index (χ2n) is 8.47. The number of likely N-dealkylation sites (tertiary alicyclic amines) is 2. The van der Waals surface area contributed by atoms with Crippen LogP contribution >= 0.6 is 0 Å². The number of unbranched alkanes of at least 4 members (excludes halogenated alkanes) is 1. The van der Waals surface area contributed by atoms with Gasteiger partial charge in [0.25, 0.3) is 0 Å². The second-order valence-corrected chi connectivity index (χ2v) is 8.47. The molecule has 0 radical (unpaired) electrons. The van der Waals surface area contributed by atoms with Crippen LogP contribution in [0.25, 0.3) is 0 Å². The highest BCUT2D eigenvalue weighted by atomic mass is 16.5. The van der Waals surface area contributed by atoms with Crippen molar-refractivity contribution in [2.75, 3.05) is 53.4 Å². The summed E-state index contributed by atoms with van der Waals surface area (Å²) in [4.78, 5) is 18.2. The van der Waals surface area contributed by atoms with Gasteiger partial charge in [0.1, 0.15) is 0 Å². The maximum atomic E-state index is 12.3. The molecule has 0 bridgehead atoms. The molecule has 2 aliphatic rings. The first-order chi connectivity index (χ1) is 13.5. The summed E-state index contributed by atoms with van der Waals surface area (Å²) in [5, 5.41) is 11.0. The number of nitrogens with zero attached hydrogens (tertiary/aromatic N) is 3. The molecular weight excluding hydrogens is 354 g/mol. The minimum atomic E-state index is -0.599. The van der Waals surface area contributed by atoms with Gasteiger partial charge in [-0.3, -0.25) is 0 Å². The van der Waals surface area contributed by atoms with Crippen LogP contribution in [0.4, 0.5) is 4.79 Å². The summed E-state index contributed by atoms with van der Waals surface area (Å²) in [6, 6.07) is 10.3. The maximum Gasteiger partial charge on any atom is 0.319 e. The third kappa shape index (κ3) is 5.46.